The van der Waals surface area contributed by atoms with Crippen molar-refractivity contribution in [2.45, 2.75) is 13.8 Å². The van der Waals surface area contributed by atoms with Crippen LogP contribution in [0.15, 0.2) is 12.1 Å². The number of aromatic nitrogens is 4. The number of hydrogen-bond acceptors (Lipinski definition) is 8. The zero-order chi connectivity index (χ0) is 22.1. The van der Waals surface area contributed by atoms with Crippen LogP contribution < -0.4 is 16.4 Å². The Hall–Kier alpha value is -3.57. The second-order valence-electron chi connectivity index (χ2n) is 6.33. The average Bonchev–Trinajstić information content (AvgIpc) is 3.21. The SMILES string of the molecule is COC(=O)c1cc(N)n(C)n1.COC(=O)c1cc(NC(=O)NCC(C)C)n(C)n1. The molecule has 2 aromatic heterocycles. The highest BCUT2D eigenvalue weighted by Crippen LogP contribution is 2.09. The minimum absolute atomic E-state index is 0.152. The molecule has 0 saturated heterocycles. The lowest BCUT2D eigenvalue weighted by atomic mass is 10.2. The predicted octanol–water partition coefficient (Wildman–Crippen LogP) is 0.773. The van der Waals surface area contributed by atoms with E-state index in [1.807, 2.05) is 13.8 Å². The van der Waals surface area contributed by atoms with Gasteiger partial charge in [-0.25, -0.2) is 14.4 Å². The number of amides is 2. The molecule has 2 aromatic rings. The molecule has 0 aliphatic carbocycles. The third-order valence-corrected chi connectivity index (χ3v) is 3.50. The zero-order valence-corrected chi connectivity index (χ0v) is 17.3. The Kier molecular flexibility index (Phi) is 8.65. The second-order valence-corrected chi connectivity index (χ2v) is 6.33. The molecule has 12 heteroatoms. The van der Waals surface area contributed by atoms with Gasteiger partial charge >= 0.3 is 18.0 Å². The van der Waals surface area contributed by atoms with Gasteiger partial charge in [-0.15, -0.1) is 0 Å². The van der Waals surface area contributed by atoms with Crippen molar-refractivity contribution in [3.8, 4) is 0 Å². The molecule has 0 aliphatic heterocycles. The van der Waals surface area contributed by atoms with Gasteiger partial charge in [0.25, 0.3) is 0 Å². The number of hydrogen-bond donors (Lipinski definition) is 3. The van der Waals surface area contributed by atoms with E-state index in [-0.39, 0.29) is 17.4 Å². The van der Waals surface area contributed by atoms with Crippen molar-refractivity contribution in [2.75, 3.05) is 31.8 Å². The van der Waals surface area contributed by atoms with Crippen LogP contribution in [0.2, 0.25) is 0 Å². The fraction of sp³-hybridized carbons (Fsp3) is 0.471. The van der Waals surface area contributed by atoms with Gasteiger partial charge in [-0.1, -0.05) is 13.8 Å². The van der Waals surface area contributed by atoms with Crippen LogP contribution in [0, 0.1) is 5.92 Å². The molecule has 0 spiro atoms. The molecule has 0 unspecified atom stereocenters. The van der Waals surface area contributed by atoms with Crippen molar-refractivity contribution in [3.05, 3.63) is 23.5 Å². The lowest BCUT2D eigenvalue weighted by molar-refractivity contribution is 0.0584. The molecule has 0 saturated carbocycles. The fourth-order valence-corrected chi connectivity index (χ4v) is 1.93. The van der Waals surface area contributed by atoms with Crippen molar-refractivity contribution < 1.29 is 23.9 Å². The fourth-order valence-electron chi connectivity index (χ4n) is 1.93. The van der Waals surface area contributed by atoms with Crippen LogP contribution in [-0.4, -0.2) is 58.3 Å². The van der Waals surface area contributed by atoms with E-state index in [1.165, 1.54) is 35.7 Å². The molecule has 0 aliphatic rings. The summed E-state index contributed by atoms with van der Waals surface area (Å²) in [4.78, 5) is 33.6. The minimum Gasteiger partial charge on any atom is -0.464 e. The number of nitrogens with one attached hydrogen (secondary N) is 2. The number of nitrogens with zero attached hydrogens (tertiary/aromatic N) is 4. The summed E-state index contributed by atoms with van der Waals surface area (Å²) < 4.78 is 11.8. The number of urea groups is 1. The first-order valence-electron chi connectivity index (χ1n) is 8.64. The molecule has 0 fully saturated rings. The number of carbonyl (C=O) groups excluding carboxylic acids is 3. The maximum atomic E-state index is 11.5. The predicted molar refractivity (Wildman–Crippen MR) is 105 cm³/mol. The lowest BCUT2D eigenvalue weighted by Gasteiger charge is -2.08. The van der Waals surface area contributed by atoms with Gasteiger partial charge in [0.05, 0.1) is 14.2 Å². The van der Waals surface area contributed by atoms with Crippen LogP contribution in [0.3, 0.4) is 0 Å². The van der Waals surface area contributed by atoms with E-state index >= 15 is 0 Å². The average molecular weight is 409 g/mol. The Labute approximate surface area is 168 Å². The van der Waals surface area contributed by atoms with Crippen LogP contribution in [-0.2, 0) is 23.6 Å². The number of methoxy groups -OCH3 is 2. The summed E-state index contributed by atoms with van der Waals surface area (Å²) in [5.41, 5.74) is 5.81. The highest BCUT2D eigenvalue weighted by molar-refractivity contribution is 5.92. The zero-order valence-electron chi connectivity index (χ0n) is 17.3. The van der Waals surface area contributed by atoms with Gasteiger partial charge in [0.2, 0.25) is 0 Å². The molecule has 4 N–H and O–H groups in total. The second kappa shape index (κ2) is 10.7. The highest BCUT2D eigenvalue weighted by atomic mass is 16.5. The van der Waals surface area contributed by atoms with Crippen LogP contribution >= 0.6 is 0 Å². The summed E-state index contributed by atoms with van der Waals surface area (Å²) in [5, 5.41) is 13.0. The van der Waals surface area contributed by atoms with Gasteiger partial charge < -0.3 is 20.5 Å². The number of anilines is 2. The molecule has 160 valence electrons. The number of carbonyl (C=O) groups is 3. The summed E-state index contributed by atoms with van der Waals surface area (Å²) in [5.74, 6) is 0.216. The van der Waals surface area contributed by atoms with Crippen LogP contribution in [0.4, 0.5) is 16.4 Å². The monoisotopic (exact) mass is 409 g/mol. The summed E-state index contributed by atoms with van der Waals surface area (Å²) in [7, 11) is 5.86. The number of ether oxygens (including phenoxy) is 2. The Bertz CT molecular complexity index is 837. The van der Waals surface area contributed by atoms with Gasteiger partial charge in [0, 0.05) is 32.8 Å². The lowest BCUT2D eigenvalue weighted by Crippen LogP contribution is -2.32. The Morgan fingerprint density at radius 3 is 2.00 bits per heavy atom. The van der Waals surface area contributed by atoms with Crippen LogP contribution in [0.5, 0.6) is 0 Å². The third-order valence-electron chi connectivity index (χ3n) is 3.50. The van der Waals surface area contributed by atoms with Gasteiger partial charge in [0.1, 0.15) is 11.6 Å². The van der Waals surface area contributed by atoms with Crippen molar-refractivity contribution in [1.29, 1.82) is 0 Å². The molecular formula is C17H27N7O5. The van der Waals surface area contributed by atoms with Crippen molar-refractivity contribution >= 4 is 29.6 Å². The maximum absolute atomic E-state index is 11.5. The number of nitrogen functional groups attached to an aromatic ring is 1. The summed E-state index contributed by atoms with van der Waals surface area (Å²) >= 11 is 0. The Balaban J connectivity index is 0.000000326. The summed E-state index contributed by atoms with van der Waals surface area (Å²) in [6.45, 7) is 4.58. The van der Waals surface area contributed by atoms with E-state index < -0.39 is 11.9 Å². The number of aryl methyl sites for hydroxylation is 2. The molecule has 0 atom stereocenters. The Morgan fingerprint density at radius 2 is 1.55 bits per heavy atom. The molecule has 0 aromatic carbocycles. The molecule has 0 radical (unpaired) electrons. The van der Waals surface area contributed by atoms with E-state index in [9.17, 15) is 14.4 Å². The van der Waals surface area contributed by atoms with Crippen molar-refractivity contribution in [1.82, 2.24) is 24.9 Å². The number of nitrogens with two attached hydrogens (primary N) is 1. The molecular weight excluding hydrogens is 382 g/mol. The molecule has 12 nitrogen and oxygen atoms in total. The van der Waals surface area contributed by atoms with Crippen LogP contribution in [0.1, 0.15) is 34.8 Å². The van der Waals surface area contributed by atoms with Gasteiger partial charge in [-0.2, -0.15) is 10.2 Å². The summed E-state index contributed by atoms with van der Waals surface area (Å²) in [6.07, 6.45) is 0. The standard InChI is InChI=1S/C11H18N4O3.C6H9N3O2/c1-7(2)6-12-11(17)13-9-5-8(10(16)18-4)14-15(9)3;1-9-5(7)3-4(8-9)6(10)11-2/h5,7H,6H2,1-4H3,(H2,12,13,17);3H,7H2,1-2H3. The van der Waals surface area contributed by atoms with Gasteiger partial charge in [-0.3, -0.25) is 14.7 Å². The molecule has 29 heavy (non-hydrogen) atoms. The van der Waals surface area contributed by atoms with Crippen molar-refractivity contribution in [2.24, 2.45) is 20.0 Å². The number of rotatable bonds is 5. The summed E-state index contributed by atoms with van der Waals surface area (Å²) in [6, 6.07) is 2.59. The molecule has 2 heterocycles. The molecule has 2 rings (SSSR count). The third kappa shape index (κ3) is 7.16. The quantitative estimate of drug-likeness (QED) is 0.612. The van der Waals surface area contributed by atoms with Crippen LogP contribution in [0.25, 0.3) is 0 Å². The van der Waals surface area contributed by atoms with E-state index in [0.29, 0.717) is 24.1 Å². The smallest absolute Gasteiger partial charge is 0.358 e. The van der Waals surface area contributed by atoms with E-state index in [1.54, 1.807) is 14.1 Å². The van der Waals surface area contributed by atoms with Gasteiger partial charge in [0.15, 0.2) is 11.4 Å². The largest absolute Gasteiger partial charge is 0.464 e. The first kappa shape index (κ1) is 23.5. The van der Waals surface area contributed by atoms with Crippen molar-refractivity contribution in [3.63, 3.8) is 0 Å². The van der Waals surface area contributed by atoms with E-state index in [0.717, 1.165) is 0 Å². The Morgan fingerprint density at radius 1 is 1.03 bits per heavy atom. The van der Waals surface area contributed by atoms with E-state index in [4.69, 9.17) is 5.73 Å². The van der Waals surface area contributed by atoms with E-state index in [2.05, 4.69) is 30.3 Å². The first-order chi connectivity index (χ1) is 13.6. The highest BCUT2D eigenvalue weighted by Gasteiger charge is 2.14. The first-order valence-corrected chi connectivity index (χ1v) is 8.64. The minimum atomic E-state index is -0.541. The normalized spacial score (nSPS) is 10.0. The topological polar surface area (TPSA) is 155 Å². The number of esters is 2. The van der Waals surface area contributed by atoms with Gasteiger partial charge in [-0.05, 0) is 5.92 Å². The molecule has 0 bridgehead atoms. The maximum Gasteiger partial charge on any atom is 0.358 e. The molecule has 2 amide bonds.